The Hall–Kier alpha value is -1.30. The summed E-state index contributed by atoms with van der Waals surface area (Å²) in [5, 5.41) is 0. The number of nitrogens with two attached hydrogens (primary N) is 1. The minimum absolute atomic E-state index is 0.123. The first kappa shape index (κ1) is 17.8. The van der Waals surface area contributed by atoms with Crippen LogP contribution in [0, 0.1) is 0 Å². The van der Waals surface area contributed by atoms with Gasteiger partial charge in [0.25, 0.3) is 0 Å². The predicted molar refractivity (Wildman–Crippen MR) is 83.2 cm³/mol. The molecule has 0 aromatic heterocycles. The summed E-state index contributed by atoms with van der Waals surface area (Å²) >= 11 is 0. The van der Waals surface area contributed by atoms with Gasteiger partial charge in [0, 0.05) is 13.2 Å². The van der Waals surface area contributed by atoms with Crippen LogP contribution in [-0.2, 0) is 15.9 Å². The van der Waals surface area contributed by atoms with Crippen molar-refractivity contribution < 1.29 is 18.9 Å². The molecule has 1 rings (SSSR count). The van der Waals surface area contributed by atoms with E-state index in [1.165, 1.54) is 0 Å². The van der Waals surface area contributed by atoms with Gasteiger partial charge in [-0.25, -0.2) is 0 Å². The molecule has 0 heterocycles. The highest BCUT2D eigenvalue weighted by molar-refractivity contribution is 5.47. The third-order valence-corrected chi connectivity index (χ3v) is 3.19. The van der Waals surface area contributed by atoms with E-state index in [9.17, 15) is 0 Å². The average molecular weight is 297 g/mol. The van der Waals surface area contributed by atoms with Crippen molar-refractivity contribution in [2.24, 2.45) is 5.73 Å². The number of hydrogen-bond donors (Lipinski definition) is 1. The van der Waals surface area contributed by atoms with Gasteiger partial charge in [0.05, 0.1) is 26.9 Å². The van der Waals surface area contributed by atoms with E-state index in [4.69, 9.17) is 24.7 Å². The smallest absolute Gasteiger partial charge is 0.164 e. The van der Waals surface area contributed by atoms with Crippen LogP contribution in [0.3, 0.4) is 0 Å². The summed E-state index contributed by atoms with van der Waals surface area (Å²) < 4.78 is 21.5. The van der Waals surface area contributed by atoms with Crippen molar-refractivity contribution in [1.29, 1.82) is 0 Å². The lowest BCUT2D eigenvalue weighted by Crippen LogP contribution is -2.22. The third kappa shape index (κ3) is 6.33. The first-order chi connectivity index (χ1) is 10.2. The maximum atomic E-state index is 6.04. The molecule has 0 bridgehead atoms. The molecule has 120 valence electrons. The molecule has 0 spiro atoms. The molecule has 5 nitrogen and oxygen atoms in total. The number of ether oxygens (including phenoxy) is 4. The number of methoxy groups -OCH3 is 2. The number of para-hydroxylation sites is 1. The minimum Gasteiger partial charge on any atom is -0.493 e. The standard InChI is InChI=1S/C16H27NO4/c1-4-14(17)12-13-6-5-7-15(19-3)16(13)21-11-10-20-9-8-18-2/h5-7,14H,4,8-12,17H2,1-3H3. The van der Waals surface area contributed by atoms with Crippen molar-refractivity contribution in [3.8, 4) is 11.5 Å². The molecular weight excluding hydrogens is 270 g/mol. The monoisotopic (exact) mass is 297 g/mol. The van der Waals surface area contributed by atoms with Crippen molar-refractivity contribution in [2.45, 2.75) is 25.8 Å². The van der Waals surface area contributed by atoms with Crippen LogP contribution in [0.25, 0.3) is 0 Å². The molecule has 0 radical (unpaired) electrons. The first-order valence-electron chi connectivity index (χ1n) is 7.33. The Bertz CT molecular complexity index is 398. The van der Waals surface area contributed by atoms with E-state index in [-0.39, 0.29) is 6.04 Å². The van der Waals surface area contributed by atoms with Gasteiger partial charge in [0.15, 0.2) is 11.5 Å². The van der Waals surface area contributed by atoms with E-state index < -0.39 is 0 Å². The van der Waals surface area contributed by atoms with Crippen LogP contribution in [0.1, 0.15) is 18.9 Å². The molecule has 21 heavy (non-hydrogen) atoms. The molecule has 1 atom stereocenters. The molecule has 0 fully saturated rings. The van der Waals surface area contributed by atoms with E-state index >= 15 is 0 Å². The lowest BCUT2D eigenvalue weighted by Gasteiger charge is -2.17. The van der Waals surface area contributed by atoms with Crippen molar-refractivity contribution in [2.75, 3.05) is 40.6 Å². The Morgan fingerprint density at radius 1 is 1.10 bits per heavy atom. The fraction of sp³-hybridized carbons (Fsp3) is 0.625. The highest BCUT2D eigenvalue weighted by Crippen LogP contribution is 2.31. The van der Waals surface area contributed by atoms with Crippen LogP contribution in [0.2, 0.25) is 0 Å². The zero-order valence-corrected chi connectivity index (χ0v) is 13.3. The largest absolute Gasteiger partial charge is 0.493 e. The number of rotatable bonds is 11. The van der Waals surface area contributed by atoms with Gasteiger partial charge in [0.1, 0.15) is 6.61 Å². The summed E-state index contributed by atoms with van der Waals surface area (Å²) in [6.45, 7) is 4.22. The highest BCUT2D eigenvalue weighted by atomic mass is 16.5. The lowest BCUT2D eigenvalue weighted by molar-refractivity contribution is 0.0538. The number of hydrogen-bond acceptors (Lipinski definition) is 5. The van der Waals surface area contributed by atoms with E-state index in [0.29, 0.717) is 26.4 Å². The van der Waals surface area contributed by atoms with E-state index in [1.807, 2.05) is 18.2 Å². The molecular formula is C16H27NO4. The quantitative estimate of drug-likeness (QED) is 0.633. The summed E-state index contributed by atoms with van der Waals surface area (Å²) in [5.41, 5.74) is 7.11. The summed E-state index contributed by atoms with van der Waals surface area (Å²) in [7, 11) is 3.29. The molecule has 5 heteroatoms. The van der Waals surface area contributed by atoms with Crippen LogP contribution in [-0.4, -0.2) is 46.7 Å². The van der Waals surface area contributed by atoms with Crippen LogP contribution in [0.4, 0.5) is 0 Å². The second kappa shape index (κ2) is 10.4. The zero-order chi connectivity index (χ0) is 15.5. The highest BCUT2D eigenvalue weighted by Gasteiger charge is 2.13. The van der Waals surface area contributed by atoms with E-state index in [1.54, 1.807) is 14.2 Å². The summed E-state index contributed by atoms with van der Waals surface area (Å²) in [5.74, 6) is 1.49. The molecule has 0 aliphatic heterocycles. The molecule has 1 unspecified atom stereocenters. The maximum absolute atomic E-state index is 6.04. The van der Waals surface area contributed by atoms with Gasteiger partial charge in [-0.3, -0.25) is 0 Å². The molecule has 0 aliphatic carbocycles. The molecule has 0 saturated heterocycles. The van der Waals surface area contributed by atoms with Crippen molar-refractivity contribution in [1.82, 2.24) is 0 Å². The second-order valence-electron chi connectivity index (χ2n) is 4.77. The minimum atomic E-state index is 0.123. The Morgan fingerprint density at radius 3 is 2.52 bits per heavy atom. The van der Waals surface area contributed by atoms with Crippen LogP contribution in [0.15, 0.2) is 18.2 Å². The molecule has 1 aromatic carbocycles. The SMILES string of the molecule is CCC(N)Cc1cccc(OC)c1OCCOCCOC. The lowest BCUT2D eigenvalue weighted by atomic mass is 10.0. The van der Waals surface area contributed by atoms with Crippen molar-refractivity contribution >= 4 is 0 Å². The van der Waals surface area contributed by atoms with Gasteiger partial charge in [0.2, 0.25) is 0 Å². The third-order valence-electron chi connectivity index (χ3n) is 3.19. The topological polar surface area (TPSA) is 62.9 Å². The molecule has 0 saturated carbocycles. The predicted octanol–water partition coefficient (Wildman–Crippen LogP) is 2.02. The van der Waals surface area contributed by atoms with E-state index in [2.05, 4.69) is 6.92 Å². The van der Waals surface area contributed by atoms with Gasteiger partial charge in [-0.1, -0.05) is 19.1 Å². The van der Waals surface area contributed by atoms with Gasteiger partial charge in [-0.15, -0.1) is 0 Å². The van der Waals surface area contributed by atoms with E-state index in [0.717, 1.165) is 29.9 Å². The Morgan fingerprint density at radius 2 is 1.86 bits per heavy atom. The van der Waals surface area contributed by atoms with Gasteiger partial charge in [-0.2, -0.15) is 0 Å². The summed E-state index contributed by atoms with van der Waals surface area (Å²) in [4.78, 5) is 0. The summed E-state index contributed by atoms with van der Waals surface area (Å²) in [6.07, 6.45) is 1.70. The average Bonchev–Trinajstić information content (AvgIpc) is 2.51. The molecule has 0 aliphatic rings. The van der Waals surface area contributed by atoms with Crippen molar-refractivity contribution in [3.05, 3.63) is 23.8 Å². The van der Waals surface area contributed by atoms with Crippen LogP contribution >= 0.6 is 0 Å². The Balaban J connectivity index is 2.60. The van der Waals surface area contributed by atoms with Crippen LogP contribution < -0.4 is 15.2 Å². The Kier molecular flexibility index (Phi) is 8.82. The summed E-state index contributed by atoms with van der Waals surface area (Å²) in [6, 6.07) is 6.00. The normalized spacial score (nSPS) is 12.2. The van der Waals surface area contributed by atoms with Crippen LogP contribution in [0.5, 0.6) is 11.5 Å². The fourth-order valence-electron chi connectivity index (χ4n) is 1.92. The van der Waals surface area contributed by atoms with Gasteiger partial charge >= 0.3 is 0 Å². The Labute approximate surface area is 127 Å². The maximum Gasteiger partial charge on any atom is 0.164 e. The molecule has 2 N–H and O–H groups in total. The molecule has 0 amide bonds. The van der Waals surface area contributed by atoms with Gasteiger partial charge < -0.3 is 24.7 Å². The fourth-order valence-corrected chi connectivity index (χ4v) is 1.92. The molecule has 1 aromatic rings. The van der Waals surface area contributed by atoms with Crippen molar-refractivity contribution in [3.63, 3.8) is 0 Å². The number of benzene rings is 1. The first-order valence-corrected chi connectivity index (χ1v) is 7.33. The van der Waals surface area contributed by atoms with Gasteiger partial charge in [-0.05, 0) is 24.5 Å². The zero-order valence-electron chi connectivity index (χ0n) is 13.3. The second-order valence-corrected chi connectivity index (χ2v) is 4.77.